The summed E-state index contributed by atoms with van der Waals surface area (Å²) in [5, 5.41) is 7.48. The summed E-state index contributed by atoms with van der Waals surface area (Å²) in [6.07, 6.45) is 15.0. The van der Waals surface area contributed by atoms with Gasteiger partial charge in [-0.3, -0.25) is 0 Å². The van der Waals surface area contributed by atoms with Crippen molar-refractivity contribution >= 4 is 47.7 Å². The Morgan fingerprint density at radius 2 is 0.869 bits per heavy atom. The van der Waals surface area contributed by atoms with E-state index in [2.05, 4.69) is 189 Å². The Labute approximate surface area is 362 Å². The van der Waals surface area contributed by atoms with Gasteiger partial charge in [0.2, 0.25) is 12.6 Å². The molecule has 2 fully saturated rings. The van der Waals surface area contributed by atoms with Crippen molar-refractivity contribution in [2.75, 3.05) is 0 Å². The number of rotatable bonds is 8. The molecule has 4 nitrogen and oxygen atoms in total. The zero-order chi connectivity index (χ0) is 40.9. The molecule has 6 aromatic rings. The standard InChI is InChI=1S/C55H50O4P2/c1-3-17-39-33-37-27-26-36-32-38(4-2)44(34-36)54-56-46-28-30-48(60(40-18-9-5-10-19-40)41-20-11-6-12-21-41)50(52(46)58-54)51-49(31-29-47-53(51)59-55(57-47)45(39)35-37)61(42-22-13-7-14-23-42)43-24-15-8-16-25-43/h3-31,36-39,44-45,54-55H,2,32-35H2,1H3/b17-3+,27-26?/t36?,37-,38-,39?,44?,45?,54?,55?/m1/s1. The van der Waals surface area contributed by atoms with Gasteiger partial charge in [-0.1, -0.05) is 152 Å². The summed E-state index contributed by atoms with van der Waals surface area (Å²) >= 11 is 0. The number of hydrogen-bond acceptors (Lipinski definition) is 4. The number of fused-ring (bicyclic) bond motifs is 9. The van der Waals surface area contributed by atoms with Crippen LogP contribution in [0.5, 0.6) is 23.0 Å². The Kier molecular flexibility index (Phi) is 10.4. The van der Waals surface area contributed by atoms with Crippen LogP contribution in [-0.2, 0) is 0 Å². The van der Waals surface area contributed by atoms with Crippen molar-refractivity contribution < 1.29 is 18.9 Å². The number of ether oxygens (including phenoxy) is 4. The molecule has 5 aliphatic rings. The zero-order valence-corrected chi connectivity index (χ0v) is 36.2. The van der Waals surface area contributed by atoms with E-state index in [4.69, 9.17) is 18.9 Å². The van der Waals surface area contributed by atoms with Crippen LogP contribution >= 0.6 is 15.8 Å². The number of benzene rings is 6. The van der Waals surface area contributed by atoms with Gasteiger partial charge in [-0.05, 0) is 128 Å². The summed E-state index contributed by atoms with van der Waals surface area (Å²) in [6.45, 7) is 6.49. The van der Waals surface area contributed by atoms with E-state index in [1.165, 1.54) is 31.8 Å². The van der Waals surface area contributed by atoms with Gasteiger partial charge < -0.3 is 18.9 Å². The lowest BCUT2D eigenvalue weighted by atomic mass is 9.95. The summed E-state index contributed by atoms with van der Waals surface area (Å²) in [5.41, 5.74) is 2.09. The summed E-state index contributed by atoms with van der Waals surface area (Å²) in [6, 6.07) is 52.9. The summed E-state index contributed by atoms with van der Waals surface area (Å²) in [5.74, 6) is 5.03. The normalized spacial score (nSPS) is 25.6. The lowest BCUT2D eigenvalue weighted by Gasteiger charge is -2.28. The first kappa shape index (κ1) is 38.5. The molecule has 0 saturated heterocycles. The van der Waals surface area contributed by atoms with Gasteiger partial charge in [0.15, 0.2) is 23.0 Å². The maximum absolute atomic E-state index is 7.43. The van der Waals surface area contributed by atoms with Gasteiger partial charge in [-0.25, -0.2) is 0 Å². The topological polar surface area (TPSA) is 36.9 Å². The molecule has 8 bridgehead atoms. The van der Waals surface area contributed by atoms with Crippen LogP contribution in [0.3, 0.4) is 0 Å². The van der Waals surface area contributed by atoms with Gasteiger partial charge >= 0.3 is 0 Å². The first-order valence-corrected chi connectivity index (χ1v) is 24.6. The first-order chi connectivity index (χ1) is 30.1. The third kappa shape index (κ3) is 7.03. The van der Waals surface area contributed by atoms with Gasteiger partial charge in [-0.15, -0.1) is 6.58 Å². The van der Waals surface area contributed by atoms with Crippen molar-refractivity contribution in [2.24, 2.45) is 35.5 Å². The third-order valence-corrected chi connectivity index (χ3v) is 18.4. The minimum atomic E-state index is -1.08. The second kappa shape index (κ2) is 16.5. The van der Waals surface area contributed by atoms with Crippen LogP contribution in [0.15, 0.2) is 183 Å². The Morgan fingerprint density at radius 3 is 1.26 bits per heavy atom. The molecule has 6 heteroatoms. The van der Waals surface area contributed by atoms with E-state index < -0.39 is 28.4 Å². The molecule has 0 aromatic heterocycles. The second-order valence-corrected chi connectivity index (χ2v) is 21.4. The second-order valence-electron chi connectivity index (χ2n) is 17.1. The molecule has 0 amide bonds. The van der Waals surface area contributed by atoms with E-state index >= 15 is 0 Å². The molecule has 3 aliphatic heterocycles. The summed E-state index contributed by atoms with van der Waals surface area (Å²) < 4.78 is 28.9. The molecule has 0 N–H and O–H groups in total. The fourth-order valence-corrected chi connectivity index (χ4v) is 15.6. The summed E-state index contributed by atoms with van der Waals surface area (Å²) in [4.78, 5) is 0. The molecule has 304 valence electrons. The van der Waals surface area contributed by atoms with Gasteiger partial charge in [0.25, 0.3) is 0 Å². The highest BCUT2D eigenvalue weighted by molar-refractivity contribution is 7.80. The van der Waals surface area contributed by atoms with Crippen molar-refractivity contribution in [3.63, 3.8) is 0 Å². The van der Waals surface area contributed by atoms with Crippen LogP contribution in [0.1, 0.15) is 32.6 Å². The number of hydrogen-bond donors (Lipinski definition) is 0. The van der Waals surface area contributed by atoms with Crippen LogP contribution < -0.4 is 50.8 Å². The fraction of sp³-hybridized carbons (Fsp3) is 0.236. The highest BCUT2D eigenvalue weighted by Crippen LogP contribution is 2.57. The first-order valence-electron chi connectivity index (χ1n) is 21.9. The van der Waals surface area contributed by atoms with Crippen LogP contribution in [-0.4, -0.2) is 12.6 Å². The van der Waals surface area contributed by atoms with Crippen LogP contribution in [0.25, 0.3) is 11.1 Å². The van der Waals surface area contributed by atoms with Gasteiger partial charge in [-0.2, -0.15) is 0 Å². The molecule has 61 heavy (non-hydrogen) atoms. The lowest BCUT2D eigenvalue weighted by molar-refractivity contribution is -0.0132. The minimum absolute atomic E-state index is 0.163. The largest absolute Gasteiger partial charge is 0.451 e. The van der Waals surface area contributed by atoms with Crippen LogP contribution in [0, 0.1) is 35.5 Å². The van der Waals surface area contributed by atoms with Crippen molar-refractivity contribution in [1.82, 2.24) is 0 Å². The average molecular weight is 837 g/mol. The molecule has 3 heterocycles. The maximum atomic E-state index is 7.43. The molecule has 2 aliphatic carbocycles. The molecule has 6 unspecified atom stereocenters. The molecular weight excluding hydrogens is 787 g/mol. The van der Waals surface area contributed by atoms with E-state index in [0.717, 1.165) is 59.8 Å². The average Bonchev–Trinajstić information content (AvgIpc) is 4.12. The van der Waals surface area contributed by atoms with Crippen molar-refractivity contribution in [3.05, 3.63) is 183 Å². The lowest BCUT2D eigenvalue weighted by Crippen LogP contribution is -2.31. The molecule has 8 atom stereocenters. The molecule has 2 saturated carbocycles. The monoisotopic (exact) mass is 836 g/mol. The Bertz CT molecular complexity index is 2510. The Hall–Kier alpha value is -5.40. The quantitative estimate of drug-likeness (QED) is 0.113. The van der Waals surface area contributed by atoms with E-state index in [9.17, 15) is 0 Å². The van der Waals surface area contributed by atoms with Gasteiger partial charge in [0.1, 0.15) is 0 Å². The van der Waals surface area contributed by atoms with E-state index in [0.29, 0.717) is 17.8 Å². The van der Waals surface area contributed by atoms with Crippen molar-refractivity contribution in [3.8, 4) is 34.1 Å². The SMILES string of the molecule is C=C[C@@H]1CC2C=C[C@@H]3CC(/C=C/C)C(C3)C3Oc4ccc(P(c5ccccc5)c5ccccc5)c(c4O3)-c3c(P(c4ccccc4)c4ccccc4)ccc4c3OC(O4)C1C2. The van der Waals surface area contributed by atoms with E-state index in [-0.39, 0.29) is 17.8 Å². The van der Waals surface area contributed by atoms with Gasteiger partial charge in [0, 0.05) is 23.0 Å². The molecule has 6 aromatic carbocycles. The van der Waals surface area contributed by atoms with Crippen molar-refractivity contribution in [1.29, 1.82) is 0 Å². The Morgan fingerprint density at radius 1 is 0.475 bits per heavy atom. The fourth-order valence-electron chi connectivity index (χ4n) is 10.7. The maximum Gasteiger partial charge on any atom is 0.244 e. The van der Waals surface area contributed by atoms with E-state index in [1.54, 1.807) is 0 Å². The van der Waals surface area contributed by atoms with Gasteiger partial charge in [0.05, 0.1) is 0 Å². The Balaban J connectivity index is 1.22. The number of allylic oxidation sites excluding steroid dienone is 5. The molecular formula is C55H50O4P2. The van der Waals surface area contributed by atoms with Crippen LogP contribution in [0.4, 0.5) is 0 Å². The van der Waals surface area contributed by atoms with E-state index in [1.807, 2.05) is 0 Å². The zero-order valence-electron chi connectivity index (χ0n) is 34.4. The smallest absolute Gasteiger partial charge is 0.244 e. The predicted octanol–water partition coefficient (Wildman–Crippen LogP) is 10.7. The van der Waals surface area contributed by atoms with Crippen LogP contribution in [0.2, 0.25) is 0 Å². The molecule has 11 rings (SSSR count). The highest BCUT2D eigenvalue weighted by atomic mass is 31.1. The summed E-state index contributed by atoms with van der Waals surface area (Å²) in [7, 11) is -2.15. The minimum Gasteiger partial charge on any atom is -0.451 e. The third-order valence-electron chi connectivity index (χ3n) is 13.4. The van der Waals surface area contributed by atoms with Crippen molar-refractivity contribution in [2.45, 2.75) is 45.2 Å². The highest BCUT2D eigenvalue weighted by Gasteiger charge is 2.47. The molecule has 0 radical (unpaired) electrons. The molecule has 0 spiro atoms. The predicted molar refractivity (Wildman–Crippen MR) is 253 cm³/mol.